The van der Waals surface area contributed by atoms with Crippen molar-refractivity contribution in [2.75, 3.05) is 19.7 Å². The molecule has 2 rings (SSSR count). The number of aliphatic hydroxyl groups is 1. The molecule has 0 aromatic heterocycles. The summed E-state index contributed by atoms with van der Waals surface area (Å²) in [5.74, 6) is -0.456. The standard InChI is InChI=1S/C12H20N2O4/c1-12(2,3)18-11(17)14-9(6-15)7-4-13-5-8(7)10(14)16/h7-9,13,15H,4-6H2,1-3H3/t7-,8+,9+/m0/s1. The zero-order valence-corrected chi connectivity index (χ0v) is 11.0. The van der Waals surface area contributed by atoms with E-state index in [0.717, 1.165) is 4.90 Å². The molecule has 2 heterocycles. The molecule has 0 unspecified atom stereocenters. The Morgan fingerprint density at radius 3 is 2.72 bits per heavy atom. The number of aliphatic hydroxyl groups excluding tert-OH is 1. The molecule has 3 atom stereocenters. The molecular weight excluding hydrogens is 236 g/mol. The number of hydrogen-bond donors (Lipinski definition) is 2. The van der Waals surface area contributed by atoms with Gasteiger partial charge in [0, 0.05) is 19.0 Å². The largest absolute Gasteiger partial charge is 0.443 e. The van der Waals surface area contributed by atoms with Crippen molar-refractivity contribution in [2.45, 2.75) is 32.4 Å². The Kier molecular flexibility index (Phi) is 3.33. The summed E-state index contributed by atoms with van der Waals surface area (Å²) in [5, 5.41) is 12.5. The van der Waals surface area contributed by atoms with Crippen LogP contribution in [0, 0.1) is 11.8 Å². The highest BCUT2D eigenvalue weighted by Gasteiger charge is 2.53. The molecule has 2 N–H and O–H groups in total. The summed E-state index contributed by atoms with van der Waals surface area (Å²) >= 11 is 0. The van der Waals surface area contributed by atoms with Gasteiger partial charge in [0.2, 0.25) is 5.91 Å². The number of ether oxygens (including phenoxy) is 1. The zero-order valence-electron chi connectivity index (χ0n) is 11.0. The molecule has 0 saturated carbocycles. The average molecular weight is 256 g/mol. The van der Waals surface area contributed by atoms with Crippen LogP contribution in [-0.2, 0) is 9.53 Å². The second-order valence-electron chi connectivity index (χ2n) is 5.87. The van der Waals surface area contributed by atoms with E-state index in [9.17, 15) is 14.7 Å². The maximum Gasteiger partial charge on any atom is 0.417 e. The van der Waals surface area contributed by atoms with E-state index in [-0.39, 0.29) is 24.3 Å². The number of imide groups is 1. The van der Waals surface area contributed by atoms with Gasteiger partial charge in [0.15, 0.2) is 0 Å². The van der Waals surface area contributed by atoms with Crippen LogP contribution < -0.4 is 5.32 Å². The number of amides is 2. The van der Waals surface area contributed by atoms with Crippen LogP contribution in [0.1, 0.15) is 20.8 Å². The first-order valence-electron chi connectivity index (χ1n) is 6.23. The van der Waals surface area contributed by atoms with Gasteiger partial charge in [-0.3, -0.25) is 4.79 Å². The number of hydrogen-bond acceptors (Lipinski definition) is 5. The highest BCUT2D eigenvalue weighted by molar-refractivity contribution is 5.96. The monoisotopic (exact) mass is 256 g/mol. The molecule has 0 bridgehead atoms. The molecule has 102 valence electrons. The summed E-state index contributed by atoms with van der Waals surface area (Å²) in [6.07, 6.45) is -0.652. The van der Waals surface area contributed by atoms with E-state index in [2.05, 4.69) is 5.32 Å². The van der Waals surface area contributed by atoms with Crippen molar-refractivity contribution in [2.24, 2.45) is 11.8 Å². The smallest absolute Gasteiger partial charge is 0.417 e. The number of nitrogens with zero attached hydrogens (tertiary/aromatic N) is 1. The quantitative estimate of drug-likeness (QED) is 0.688. The molecule has 2 fully saturated rings. The zero-order chi connectivity index (χ0) is 13.5. The number of carbonyl (C=O) groups is 2. The summed E-state index contributed by atoms with van der Waals surface area (Å²) in [6, 6.07) is -0.465. The third-order valence-electron chi connectivity index (χ3n) is 3.42. The second-order valence-corrected chi connectivity index (χ2v) is 5.87. The van der Waals surface area contributed by atoms with Gasteiger partial charge >= 0.3 is 6.09 Å². The van der Waals surface area contributed by atoms with Gasteiger partial charge in [0.25, 0.3) is 0 Å². The van der Waals surface area contributed by atoms with Gasteiger partial charge in [0.1, 0.15) is 5.60 Å². The molecule has 2 aliphatic rings. The number of fused-ring (bicyclic) bond motifs is 1. The lowest BCUT2D eigenvalue weighted by Crippen LogP contribution is -2.46. The molecule has 6 nitrogen and oxygen atoms in total. The van der Waals surface area contributed by atoms with E-state index in [4.69, 9.17) is 4.74 Å². The van der Waals surface area contributed by atoms with E-state index in [1.807, 2.05) is 0 Å². The summed E-state index contributed by atoms with van der Waals surface area (Å²) in [6.45, 7) is 6.26. The minimum absolute atomic E-state index is 0.00461. The third-order valence-corrected chi connectivity index (χ3v) is 3.42. The number of nitrogens with one attached hydrogen (secondary N) is 1. The molecule has 0 radical (unpaired) electrons. The van der Waals surface area contributed by atoms with Crippen molar-refractivity contribution >= 4 is 12.0 Å². The predicted octanol–water partition coefficient (Wildman–Crippen LogP) is -0.0398. The Hall–Kier alpha value is -1.14. The van der Waals surface area contributed by atoms with Crippen molar-refractivity contribution in [1.82, 2.24) is 10.2 Å². The normalized spacial score (nSPS) is 31.7. The molecule has 0 aliphatic carbocycles. The SMILES string of the molecule is CC(C)(C)OC(=O)N1C(=O)[C@@H]2CNC[C@@H]2[C@H]1CO. The van der Waals surface area contributed by atoms with E-state index in [1.165, 1.54) is 0 Å². The Labute approximate surface area is 106 Å². The molecule has 18 heavy (non-hydrogen) atoms. The molecule has 2 saturated heterocycles. The van der Waals surface area contributed by atoms with Gasteiger partial charge in [-0.1, -0.05) is 0 Å². The van der Waals surface area contributed by atoms with Gasteiger partial charge in [-0.15, -0.1) is 0 Å². The minimum Gasteiger partial charge on any atom is -0.443 e. The van der Waals surface area contributed by atoms with E-state index in [0.29, 0.717) is 13.1 Å². The first-order chi connectivity index (χ1) is 8.35. The summed E-state index contributed by atoms with van der Waals surface area (Å²) < 4.78 is 5.22. The van der Waals surface area contributed by atoms with Gasteiger partial charge < -0.3 is 15.2 Å². The highest BCUT2D eigenvalue weighted by Crippen LogP contribution is 2.34. The first-order valence-corrected chi connectivity index (χ1v) is 6.23. The summed E-state index contributed by atoms with van der Waals surface area (Å²) in [7, 11) is 0. The van der Waals surface area contributed by atoms with Crippen molar-refractivity contribution in [3.05, 3.63) is 0 Å². The van der Waals surface area contributed by atoms with Crippen LogP contribution >= 0.6 is 0 Å². The lowest BCUT2D eigenvalue weighted by molar-refractivity contribution is -0.131. The van der Waals surface area contributed by atoms with E-state index >= 15 is 0 Å². The minimum atomic E-state index is -0.652. The summed E-state index contributed by atoms with van der Waals surface area (Å²) in [5.41, 5.74) is -0.646. The highest BCUT2D eigenvalue weighted by atomic mass is 16.6. The maximum atomic E-state index is 12.2. The van der Waals surface area contributed by atoms with Crippen LogP contribution in [0.25, 0.3) is 0 Å². The maximum absolute atomic E-state index is 12.2. The Balaban J connectivity index is 2.16. The number of likely N-dealkylation sites (tertiary alicyclic amines) is 1. The van der Waals surface area contributed by atoms with Gasteiger partial charge in [-0.05, 0) is 20.8 Å². The van der Waals surface area contributed by atoms with Crippen molar-refractivity contribution in [3.63, 3.8) is 0 Å². The molecule has 0 aromatic carbocycles. The van der Waals surface area contributed by atoms with Crippen molar-refractivity contribution in [3.8, 4) is 0 Å². The Morgan fingerprint density at radius 2 is 2.17 bits per heavy atom. The summed E-state index contributed by atoms with van der Waals surface area (Å²) in [4.78, 5) is 25.3. The molecular formula is C12H20N2O4. The number of rotatable bonds is 1. The van der Waals surface area contributed by atoms with Gasteiger partial charge in [-0.2, -0.15) is 0 Å². The van der Waals surface area contributed by atoms with Crippen LogP contribution in [-0.4, -0.2) is 53.3 Å². The molecule has 2 aliphatic heterocycles. The van der Waals surface area contributed by atoms with Crippen molar-refractivity contribution in [1.29, 1.82) is 0 Å². The first kappa shape index (κ1) is 13.3. The Bertz CT molecular complexity index is 364. The average Bonchev–Trinajstić information content (AvgIpc) is 2.77. The van der Waals surface area contributed by atoms with Crippen molar-refractivity contribution < 1.29 is 19.4 Å². The fraction of sp³-hybridized carbons (Fsp3) is 0.833. The predicted molar refractivity (Wildman–Crippen MR) is 63.8 cm³/mol. The van der Waals surface area contributed by atoms with Gasteiger partial charge in [-0.25, -0.2) is 9.69 Å². The van der Waals surface area contributed by atoms with Crippen LogP contribution in [0.15, 0.2) is 0 Å². The fourth-order valence-corrected chi connectivity index (χ4v) is 2.66. The topological polar surface area (TPSA) is 78.9 Å². The van der Waals surface area contributed by atoms with Gasteiger partial charge in [0.05, 0.1) is 18.6 Å². The Morgan fingerprint density at radius 1 is 1.50 bits per heavy atom. The molecule has 0 spiro atoms. The van der Waals surface area contributed by atoms with E-state index < -0.39 is 17.7 Å². The van der Waals surface area contributed by atoms with Crippen LogP contribution in [0.2, 0.25) is 0 Å². The van der Waals surface area contributed by atoms with Crippen LogP contribution in [0.4, 0.5) is 4.79 Å². The number of carbonyl (C=O) groups excluding carboxylic acids is 2. The van der Waals surface area contributed by atoms with Crippen LogP contribution in [0.5, 0.6) is 0 Å². The van der Waals surface area contributed by atoms with Crippen LogP contribution in [0.3, 0.4) is 0 Å². The molecule has 0 aromatic rings. The molecule has 6 heteroatoms. The lowest BCUT2D eigenvalue weighted by atomic mass is 9.94. The second kappa shape index (κ2) is 4.51. The third kappa shape index (κ3) is 2.22. The van der Waals surface area contributed by atoms with E-state index in [1.54, 1.807) is 20.8 Å². The molecule has 2 amide bonds. The lowest BCUT2D eigenvalue weighted by Gasteiger charge is -2.28. The fourth-order valence-electron chi connectivity index (χ4n) is 2.66.